The summed E-state index contributed by atoms with van der Waals surface area (Å²) in [6, 6.07) is 6.87. The van der Waals surface area contributed by atoms with Crippen LogP contribution in [0.25, 0.3) is 0 Å². The van der Waals surface area contributed by atoms with Gasteiger partial charge in [0.1, 0.15) is 17.4 Å². The normalized spacial score (nSPS) is 16.0. The molecule has 2 N–H and O–H groups in total. The molecule has 1 atom stereocenters. The molecule has 0 bridgehead atoms. The average Bonchev–Trinajstić information content (AvgIpc) is 2.63. The minimum Gasteiger partial charge on any atom is -0.496 e. The van der Waals surface area contributed by atoms with Crippen LogP contribution < -0.4 is 10.1 Å². The molecule has 0 radical (unpaired) electrons. The number of ether oxygens (including phenoxy) is 3. The molecule has 9 nitrogen and oxygen atoms in total. The van der Waals surface area contributed by atoms with Crippen molar-refractivity contribution in [2.24, 2.45) is 0 Å². The first-order chi connectivity index (χ1) is 12.8. The minimum atomic E-state index is -0.951. The largest absolute Gasteiger partial charge is 0.513 e. The summed E-state index contributed by atoms with van der Waals surface area (Å²) in [5.41, 5.74) is 1.25. The molecule has 0 spiro atoms. The molecular weight excluding hydrogens is 356 g/mol. The fraction of sp³-hybridized carbons (Fsp3) is 0.389. The monoisotopic (exact) mass is 380 g/mol. The molecule has 1 heterocycles. The van der Waals surface area contributed by atoms with E-state index in [0.29, 0.717) is 22.7 Å². The topological polar surface area (TPSA) is 120 Å². The molecule has 0 aromatic heterocycles. The molecule has 0 fully saturated rings. The van der Waals surface area contributed by atoms with Crippen LogP contribution in [0.5, 0.6) is 5.75 Å². The van der Waals surface area contributed by atoms with Crippen LogP contribution in [0.2, 0.25) is 0 Å². The van der Waals surface area contributed by atoms with Gasteiger partial charge < -0.3 is 24.6 Å². The zero-order valence-corrected chi connectivity index (χ0v) is 15.9. The van der Waals surface area contributed by atoms with Crippen LogP contribution in [-0.2, 0) is 9.47 Å². The van der Waals surface area contributed by atoms with E-state index in [1.807, 2.05) is 0 Å². The number of aliphatic hydroxyl groups excluding tert-OH is 1. The highest BCUT2D eigenvalue weighted by Gasteiger charge is 2.41. The number of dihydropyridines is 1. The molecule has 0 amide bonds. The van der Waals surface area contributed by atoms with E-state index in [4.69, 9.17) is 14.6 Å². The molecule has 1 aromatic rings. The third kappa shape index (κ3) is 5.20. The predicted molar refractivity (Wildman–Crippen MR) is 97.5 cm³/mol. The van der Waals surface area contributed by atoms with Crippen LogP contribution in [0, 0.1) is 10.1 Å². The highest BCUT2D eigenvalue weighted by atomic mass is 16.7. The first-order valence-corrected chi connectivity index (χ1v) is 8.14. The van der Waals surface area contributed by atoms with Crippen molar-refractivity contribution in [3.63, 3.8) is 0 Å². The number of rotatable bonds is 4. The summed E-state index contributed by atoms with van der Waals surface area (Å²) in [6.45, 7) is 5.19. The van der Waals surface area contributed by atoms with E-state index in [2.05, 4.69) is 10.1 Å². The Bertz CT molecular complexity index is 756. The van der Waals surface area contributed by atoms with Crippen molar-refractivity contribution in [3.05, 3.63) is 62.8 Å². The highest BCUT2D eigenvalue weighted by Crippen LogP contribution is 2.42. The molecule has 0 aliphatic carbocycles. The summed E-state index contributed by atoms with van der Waals surface area (Å²) < 4.78 is 15.1. The number of methoxy groups -OCH3 is 2. The lowest BCUT2D eigenvalue weighted by Crippen LogP contribution is -2.30. The van der Waals surface area contributed by atoms with Crippen molar-refractivity contribution in [3.8, 4) is 5.75 Å². The summed E-state index contributed by atoms with van der Waals surface area (Å²) in [5.74, 6) is -0.351. The maximum absolute atomic E-state index is 11.6. The van der Waals surface area contributed by atoms with Crippen LogP contribution >= 0.6 is 0 Å². The van der Waals surface area contributed by atoms with Gasteiger partial charge in [-0.25, -0.2) is 4.79 Å². The Balaban J connectivity index is 0.00000114. The van der Waals surface area contributed by atoms with Gasteiger partial charge >= 0.3 is 6.16 Å². The summed E-state index contributed by atoms with van der Waals surface area (Å²) in [7, 11) is 2.64. The van der Waals surface area contributed by atoms with Crippen molar-refractivity contribution in [2.45, 2.75) is 26.7 Å². The van der Waals surface area contributed by atoms with Gasteiger partial charge in [0.05, 0.1) is 30.5 Å². The molecule has 1 aliphatic heterocycles. The van der Waals surface area contributed by atoms with E-state index in [0.717, 1.165) is 0 Å². The van der Waals surface area contributed by atoms with Crippen LogP contribution in [-0.4, -0.2) is 37.0 Å². The zero-order valence-electron chi connectivity index (χ0n) is 15.9. The Morgan fingerprint density at radius 2 is 1.85 bits per heavy atom. The second kappa shape index (κ2) is 10.2. The summed E-state index contributed by atoms with van der Waals surface area (Å²) in [5, 5.41) is 22.1. The van der Waals surface area contributed by atoms with E-state index in [-0.39, 0.29) is 18.1 Å². The second-order valence-electron chi connectivity index (χ2n) is 5.43. The maximum Gasteiger partial charge on any atom is 0.513 e. The van der Waals surface area contributed by atoms with Crippen molar-refractivity contribution in [1.29, 1.82) is 0 Å². The van der Waals surface area contributed by atoms with E-state index < -0.39 is 17.0 Å². The van der Waals surface area contributed by atoms with E-state index >= 15 is 0 Å². The minimum absolute atomic E-state index is 0.101. The molecule has 0 saturated heterocycles. The van der Waals surface area contributed by atoms with Gasteiger partial charge in [-0.2, -0.15) is 0 Å². The lowest BCUT2D eigenvalue weighted by atomic mass is 9.89. The number of hydrogen-bond donors (Lipinski definition) is 2. The number of para-hydroxylation sites is 1. The number of nitrogens with one attached hydrogen (secondary N) is 1. The smallest absolute Gasteiger partial charge is 0.496 e. The number of carbonyl (C=O) groups is 1. The predicted octanol–water partition coefficient (Wildman–Crippen LogP) is 2.90. The van der Waals surface area contributed by atoms with E-state index in [1.165, 1.54) is 14.2 Å². The van der Waals surface area contributed by atoms with Gasteiger partial charge in [-0.1, -0.05) is 18.2 Å². The third-order valence-corrected chi connectivity index (χ3v) is 3.67. The quantitative estimate of drug-likeness (QED) is 0.465. The number of allylic oxidation sites excluding steroid dienone is 2. The Morgan fingerprint density at radius 3 is 2.37 bits per heavy atom. The molecule has 9 heteroatoms. The third-order valence-electron chi connectivity index (χ3n) is 3.67. The van der Waals surface area contributed by atoms with Gasteiger partial charge in [-0.05, 0) is 26.8 Å². The van der Waals surface area contributed by atoms with Crippen molar-refractivity contribution >= 4 is 6.16 Å². The Hall–Kier alpha value is -3.07. The van der Waals surface area contributed by atoms with Gasteiger partial charge in [0.2, 0.25) is 0 Å². The van der Waals surface area contributed by atoms with Crippen LogP contribution in [0.15, 0.2) is 47.1 Å². The Kier molecular flexibility index (Phi) is 8.28. The van der Waals surface area contributed by atoms with E-state index in [9.17, 15) is 14.9 Å². The van der Waals surface area contributed by atoms with Gasteiger partial charge in [0.15, 0.2) is 0 Å². The molecule has 0 saturated carbocycles. The molecule has 27 heavy (non-hydrogen) atoms. The fourth-order valence-corrected chi connectivity index (χ4v) is 2.67. The molecule has 148 valence electrons. The molecule has 2 rings (SSSR count). The number of carbonyl (C=O) groups excluding carboxylic acids is 1. The molecule has 1 aromatic carbocycles. The van der Waals surface area contributed by atoms with Crippen LogP contribution in [0.3, 0.4) is 0 Å². The van der Waals surface area contributed by atoms with Crippen LogP contribution in [0.4, 0.5) is 4.79 Å². The molecular formula is C18H24N2O7. The van der Waals surface area contributed by atoms with Crippen molar-refractivity contribution in [2.75, 3.05) is 20.8 Å². The van der Waals surface area contributed by atoms with Gasteiger partial charge in [0, 0.05) is 12.2 Å². The summed E-state index contributed by atoms with van der Waals surface area (Å²) >= 11 is 0. The van der Waals surface area contributed by atoms with E-state index in [1.54, 1.807) is 45.0 Å². The summed E-state index contributed by atoms with van der Waals surface area (Å²) in [4.78, 5) is 22.7. The lowest BCUT2D eigenvalue weighted by molar-refractivity contribution is -0.431. The SMILES string of the molecule is CCO.COC(=O)OC1=C(C)NC(C)=C([N+](=O)[O-])C1c1ccccc1OC. The first-order valence-electron chi connectivity index (χ1n) is 8.14. The number of benzene rings is 1. The first kappa shape index (κ1) is 22.0. The zero-order chi connectivity index (χ0) is 20.6. The number of nitro groups is 1. The number of nitrogens with zero attached hydrogens (tertiary/aromatic N) is 1. The molecule has 1 unspecified atom stereocenters. The number of hydrogen-bond acceptors (Lipinski definition) is 8. The second-order valence-corrected chi connectivity index (χ2v) is 5.43. The van der Waals surface area contributed by atoms with Crippen molar-refractivity contribution in [1.82, 2.24) is 5.32 Å². The van der Waals surface area contributed by atoms with Gasteiger partial charge in [-0.15, -0.1) is 0 Å². The molecule has 1 aliphatic rings. The highest BCUT2D eigenvalue weighted by molar-refractivity contribution is 5.63. The van der Waals surface area contributed by atoms with Crippen LogP contribution in [0.1, 0.15) is 32.3 Å². The van der Waals surface area contributed by atoms with Crippen molar-refractivity contribution < 1.29 is 29.0 Å². The standard InChI is InChI=1S/C16H18N2O6.C2H6O/c1-9-14(18(20)21)13(11-7-5-6-8-12(11)22-3)15(10(2)17-9)24-16(19)23-4;1-2-3/h5-8,13,17H,1-4H3;3H,2H2,1H3. The lowest BCUT2D eigenvalue weighted by Gasteiger charge is -2.27. The average molecular weight is 380 g/mol. The van der Waals surface area contributed by atoms with Gasteiger partial charge in [-0.3, -0.25) is 10.1 Å². The fourth-order valence-electron chi connectivity index (χ4n) is 2.67. The Labute approximate surface area is 157 Å². The maximum atomic E-state index is 11.6. The number of aliphatic hydroxyl groups is 1. The Morgan fingerprint density at radius 1 is 1.26 bits per heavy atom. The summed E-state index contributed by atoms with van der Waals surface area (Å²) in [6.07, 6.45) is -0.951. The van der Waals surface area contributed by atoms with Gasteiger partial charge in [0.25, 0.3) is 5.70 Å².